The Labute approximate surface area is 138 Å². The zero-order valence-electron chi connectivity index (χ0n) is 12.9. The molecule has 1 fully saturated rings. The summed E-state index contributed by atoms with van der Waals surface area (Å²) in [7, 11) is 0. The van der Waals surface area contributed by atoms with E-state index < -0.39 is 0 Å². The molecule has 23 heavy (non-hydrogen) atoms. The van der Waals surface area contributed by atoms with Crippen molar-refractivity contribution in [3.05, 3.63) is 41.4 Å². The second kappa shape index (κ2) is 6.78. The monoisotopic (exact) mass is 330 g/mol. The number of hydrogen-bond donors (Lipinski definition) is 1. The van der Waals surface area contributed by atoms with Gasteiger partial charge in [0, 0.05) is 55.9 Å². The third kappa shape index (κ3) is 3.68. The molecule has 0 atom stereocenters. The van der Waals surface area contributed by atoms with E-state index in [1.807, 2.05) is 10.3 Å². The number of nitrogens with one attached hydrogen (secondary N) is 1. The Kier molecular flexibility index (Phi) is 4.57. The molecule has 120 valence electrons. The highest BCUT2D eigenvalue weighted by Crippen LogP contribution is 2.20. The summed E-state index contributed by atoms with van der Waals surface area (Å²) in [6.45, 7) is 4.35. The van der Waals surface area contributed by atoms with Crippen molar-refractivity contribution < 1.29 is 9.59 Å². The highest BCUT2D eigenvalue weighted by Gasteiger charge is 2.23. The summed E-state index contributed by atoms with van der Waals surface area (Å²) in [4.78, 5) is 32.1. The summed E-state index contributed by atoms with van der Waals surface area (Å²) in [5, 5.41) is 5.67. The topological polar surface area (TPSA) is 65.5 Å². The number of rotatable bonds is 3. The van der Waals surface area contributed by atoms with E-state index >= 15 is 0 Å². The minimum atomic E-state index is -0.147. The van der Waals surface area contributed by atoms with Gasteiger partial charge in [0.1, 0.15) is 0 Å². The third-order valence-electron chi connectivity index (χ3n) is 3.69. The van der Waals surface area contributed by atoms with E-state index in [0.29, 0.717) is 24.3 Å². The van der Waals surface area contributed by atoms with E-state index in [9.17, 15) is 9.59 Å². The Morgan fingerprint density at radius 2 is 2.00 bits per heavy atom. The maximum atomic E-state index is 12.6. The molecule has 0 bridgehead atoms. The van der Waals surface area contributed by atoms with Crippen LogP contribution in [0.15, 0.2) is 35.8 Å². The molecule has 1 aromatic carbocycles. The molecule has 0 aliphatic carbocycles. The summed E-state index contributed by atoms with van der Waals surface area (Å²) >= 11 is 1.61. The molecule has 0 radical (unpaired) electrons. The molecule has 1 aromatic heterocycles. The van der Waals surface area contributed by atoms with Gasteiger partial charge in [-0.3, -0.25) is 9.59 Å². The summed E-state index contributed by atoms with van der Waals surface area (Å²) < 4.78 is 0. The van der Waals surface area contributed by atoms with Crippen LogP contribution in [0.2, 0.25) is 0 Å². The first-order chi connectivity index (χ1) is 11.1. The van der Waals surface area contributed by atoms with E-state index in [0.717, 1.165) is 18.2 Å². The molecule has 1 aliphatic rings. The number of hydrogen-bond acceptors (Lipinski definition) is 5. The number of thiazole rings is 1. The molecule has 3 rings (SSSR count). The smallest absolute Gasteiger partial charge is 0.254 e. The van der Waals surface area contributed by atoms with Gasteiger partial charge in [-0.15, -0.1) is 11.3 Å². The first-order valence-corrected chi connectivity index (χ1v) is 8.33. The van der Waals surface area contributed by atoms with E-state index in [-0.39, 0.29) is 11.8 Å². The summed E-state index contributed by atoms with van der Waals surface area (Å²) in [5.74, 6) is -0.150. The second-order valence-electron chi connectivity index (χ2n) is 5.36. The maximum absolute atomic E-state index is 12.6. The van der Waals surface area contributed by atoms with Crippen LogP contribution in [0.4, 0.5) is 10.8 Å². The van der Waals surface area contributed by atoms with E-state index in [4.69, 9.17) is 0 Å². The van der Waals surface area contributed by atoms with Crippen LogP contribution in [-0.4, -0.2) is 47.9 Å². The first kappa shape index (κ1) is 15.5. The standard InChI is InChI=1S/C16H18N4O2S/c1-12(21)18-14-4-2-3-13(11-14)15(22)19-6-8-20(9-7-19)16-17-5-10-23-16/h2-5,10-11H,6-9H2,1H3,(H,18,21). The summed E-state index contributed by atoms with van der Waals surface area (Å²) in [6, 6.07) is 7.06. The molecule has 1 saturated heterocycles. The van der Waals surface area contributed by atoms with Crippen LogP contribution in [0.3, 0.4) is 0 Å². The number of carbonyl (C=O) groups is 2. The Morgan fingerprint density at radius 3 is 2.65 bits per heavy atom. The average molecular weight is 330 g/mol. The third-order valence-corrected chi connectivity index (χ3v) is 4.52. The fourth-order valence-corrected chi connectivity index (χ4v) is 3.29. The van der Waals surface area contributed by atoms with Gasteiger partial charge in [0.2, 0.25) is 5.91 Å². The number of anilines is 2. The van der Waals surface area contributed by atoms with Crippen molar-refractivity contribution >= 4 is 34.0 Å². The van der Waals surface area contributed by atoms with Gasteiger partial charge in [-0.1, -0.05) is 6.07 Å². The van der Waals surface area contributed by atoms with Crippen molar-refractivity contribution in [3.8, 4) is 0 Å². The van der Waals surface area contributed by atoms with E-state index in [1.54, 1.807) is 41.8 Å². The molecule has 1 N–H and O–H groups in total. The van der Waals surface area contributed by atoms with Gasteiger partial charge in [-0.05, 0) is 18.2 Å². The quantitative estimate of drug-likeness (QED) is 0.935. The van der Waals surface area contributed by atoms with Crippen LogP contribution < -0.4 is 10.2 Å². The zero-order valence-corrected chi connectivity index (χ0v) is 13.7. The van der Waals surface area contributed by atoms with Crippen LogP contribution in [0, 0.1) is 0 Å². The van der Waals surface area contributed by atoms with Gasteiger partial charge in [-0.2, -0.15) is 0 Å². The lowest BCUT2D eigenvalue weighted by Crippen LogP contribution is -2.48. The zero-order chi connectivity index (χ0) is 16.2. The predicted molar refractivity (Wildman–Crippen MR) is 91.0 cm³/mol. The van der Waals surface area contributed by atoms with Crippen LogP contribution in [0.1, 0.15) is 17.3 Å². The molecular formula is C16H18N4O2S. The highest BCUT2D eigenvalue weighted by atomic mass is 32.1. The van der Waals surface area contributed by atoms with Gasteiger partial charge in [0.05, 0.1) is 0 Å². The molecule has 0 saturated carbocycles. The van der Waals surface area contributed by atoms with Crippen LogP contribution in [0.5, 0.6) is 0 Å². The van der Waals surface area contributed by atoms with Crippen molar-refractivity contribution in [1.82, 2.24) is 9.88 Å². The average Bonchev–Trinajstić information content (AvgIpc) is 3.08. The van der Waals surface area contributed by atoms with Crippen LogP contribution >= 0.6 is 11.3 Å². The molecule has 6 nitrogen and oxygen atoms in total. The molecule has 2 aromatic rings. The van der Waals surface area contributed by atoms with Crippen molar-refractivity contribution in [2.24, 2.45) is 0 Å². The lowest BCUT2D eigenvalue weighted by Gasteiger charge is -2.34. The Bertz CT molecular complexity index is 694. The number of aromatic nitrogens is 1. The van der Waals surface area contributed by atoms with Crippen LogP contribution in [0.25, 0.3) is 0 Å². The van der Waals surface area contributed by atoms with Crippen LogP contribution in [-0.2, 0) is 4.79 Å². The maximum Gasteiger partial charge on any atom is 0.254 e. The molecule has 2 heterocycles. The Morgan fingerprint density at radius 1 is 1.22 bits per heavy atom. The van der Waals surface area contributed by atoms with Crippen molar-refractivity contribution in [2.45, 2.75) is 6.92 Å². The minimum absolute atomic E-state index is 0.00371. The second-order valence-corrected chi connectivity index (χ2v) is 6.23. The number of carbonyl (C=O) groups excluding carboxylic acids is 2. The molecule has 0 unspecified atom stereocenters. The normalized spacial score (nSPS) is 14.7. The molecule has 1 aliphatic heterocycles. The molecule has 7 heteroatoms. The summed E-state index contributed by atoms with van der Waals surface area (Å²) in [5.41, 5.74) is 1.24. The van der Waals surface area contributed by atoms with Gasteiger partial charge < -0.3 is 15.1 Å². The van der Waals surface area contributed by atoms with Gasteiger partial charge in [-0.25, -0.2) is 4.98 Å². The lowest BCUT2D eigenvalue weighted by atomic mass is 10.1. The fourth-order valence-electron chi connectivity index (χ4n) is 2.59. The van der Waals surface area contributed by atoms with E-state index in [2.05, 4.69) is 15.2 Å². The number of piperazine rings is 1. The largest absolute Gasteiger partial charge is 0.345 e. The Hall–Kier alpha value is -2.41. The van der Waals surface area contributed by atoms with Crippen molar-refractivity contribution in [2.75, 3.05) is 36.4 Å². The van der Waals surface area contributed by atoms with Gasteiger partial charge >= 0.3 is 0 Å². The lowest BCUT2D eigenvalue weighted by molar-refractivity contribution is -0.114. The highest BCUT2D eigenvalue weighted by molar-refractivity contribution is 7.13. The van der Waals surface area contributed by atoms with Crippen molar-refractivity contribution in [3.63, 3.8) is 0 Å². The van der Waals surface area contributed by atoms with E-state index in [1.165, 1.54) is 6.92 Å². The van der Waals surface area contributed by atoms with Gasteiger partial charge in [0.15, 0.2) is 5.13 Å². The fraction of sp³-hybridized carbons (Fsp3) is 0.312. The van der Waals surface area contributed by atoms with Crippen molar-refractivity contribution in [1.29, 1.82) is 0 Å². The predicted octanol–water partition coefficient (Wildman–Crippen LogP) is 2.06. The minimum Gasteiger partial charge on any atom is -0.345 e. The summed E-state index contributed by atoms with van der Waals surface area (Å²) in [6.07, 6.45) is 1.80. The number of benzene rings is 1. The molecule has 2 amide bonds. The molecular weight excluding hydrogens is 312 g/mol. The number of amides is 2. The van der Waals surface area contributed by atoms with Gasteiger partial charge in [0.25, 0.3) is 5.91 Å². The molecule has 0 spiro atoms. The number of nitrogens with zero attached hydrogens (tertiary/aromatic N) is 3. The SMILES string of the molecule is CC(=O)Nc1cccc(C(=O)N2CCN(c3nccs3)CC2)c1. The first-order valence-electron chi connectivity index (χ1n) is 7.45. The Balaban J connectivity index is 1.64.